The predicted molar refractivity (Wildman–Crippen MR) is 75.1 cm³/mol. The zero-order valence-electron chi connectivity index (χ0n) is 12.4. The number of carboxylic acids is 1. The van der Waals surface area contributed by atoms with Crippen molar-refractivity contribution in [2.45, 2.75) is 45.3 Å². The van der Waals surface area contributed by atoms with Crippen LogP contribution in [0.1, 0.15) is 47.6 Å². The average Bonchev–Trinajstić information content (AvgIpc) is 2.80. The number of amides is 1. The topological polar surface area (TPSA) is 80.0 Å². The van der Waals surface area contributed by atoms with E-state index in [1.54, 1.807) is 18.9 Å². The first-order valence-electron chi connectivity index (χ1n) is 7.15. The highest BCUT2D eigenvalue weighted by Gasteiger charge is 2.21. The molecule has 1 aliphatic rings. The van der Waals surface area contributed by atoms with Crippen molar-refractivity contribution < 1.29 is 23.8 Å². The third-order valence-corrected chi connectivity index (χ3v) is 3.69. The van der Waals surface area contributed by atoms with Gasteiger partial charge in [-0.25, -0.2) is 4.79 Å². The van der Waals surface area contributed by atoms with Crippen molar-refractivity contribution in [2.24, 2.45) is 0 Å². The summed E-state index contributed by atoms with van der Waals surface area (Å²) >= 11 is 0. The van der Waals surface area contributed by atoms with Crippen molar-refractivity contribution in [3.8, 4) is 0 Å². The Morgan fingerprint density at radius 2 is 2.19 bits per heavy atom. The molecule has 0 radical (unpaired) electrons. The van der Waals surface area contributed by atoms with Crippen LogP contribution >= 0.6 is 0 Å². The summed E-state index contributed by atoms with van der Waals surface area (Å²) in [5, 5.41) is 8.98. The number of furan rings is 1. The van der Waals surface area contributed by atoms with Crippen molar-refractivity contribution in [3.05, 3.63) is 23.2 Å². The first kappa shape index (κ1) is 15.6. The lowest BCUT2D eigenvalue weighted by Crippen LogP contribution is -2.31. The Balaban J connectivity index is 1.90. The minimum Gasteiger partial charge on any atom is -0.478 e. The van der Waals surface area contributed by atoms with Crippen molar-refractivity contribution in [3.63, 3.8) is 0 Å². The van der Waals surface area contributed by atoms with Gasteiger partial charge in [-0.15, -0.1) is 0 Å². The van der Waals surface area contributed by atoms with Crippen molar-refractivity contribution in [1.29, 1.82) is 0 Å². The fourth-order valence-corrected chi connectivity index (χ4v) is 2.47. The predicted octanol–water partition coefficient (Wildman–Crippen LogP) is 2.20. The molecule has 1 aromatic heterocycles. The maximum Gasteiger partial charge on any atom is 0.339 e. The van der Waals surface area contributed by atoms with Gasteiger partial charge in [0.2, 0.25) is 5.91 Å². The Hall–Kier alpha value is -1.82. The van der Waals surface area contributed by atoms with Crippen LogP contribution in [0.25, 0.3) is 0 Å². The Kier molecular flexibility index (Phi) is 5.01. The van der Waals surface area contributed by atoms with E-state index < -0.39 is 5.97 Å². The third kappa shape index (κ3) is 4.07. The lowest BCUT2D eigenvalue weighted by Gasteiger charge is -2.24. The van der Waals surface area contributed by atoms with E-state index in [-0.39, 0.29) is 24.1 Å². The molecule has 6 heteroatoms. The molecule has 0 aliphatic carbocycles. The van der Waals surface area contributed by atoms with Crippen LogP contribution < -0.4 is 0 Å². The number of carbonyl (C=O) groups is 2. The Bertz CT molecular complexity index is 516. The van der Waals surface area contributed by atoms with Crippen LogP contribution in [0, 0.1) is 6.92 Å². The molecular weight excluding hydrogens is 274 g/mol. The highest BCUT2D eigenvalue weighted by molar-refractivity contribution is 5.88. The monoisotopic (exact) mass is 295 g/mol. The molecular formula is C15H21NO5. The molecule has 1 N–H and O–H groups in total. The van der Waals surface area contributed by atoms with Crippen LogP contribution in [0.15, 0.2) is 10.5 Å². The fraction of sp³-hybridized carbons (Fsp3) is 0.600. The molecule has 0 spiro atoms. The Morgan fingerprint density at radius 3 is 2.76 bits per heavy atom. The minimum absolute atomic E-state index is 0.00150. The van der Waals surface area contributed by atoms with Gasteiger partial charge in [0.1, 0.15) is 17.1 Å². The van der Waals surface area contributed by atoms with E-state index in [1.165, 1.54) is 6.07 Å². The van der Waals surface area contributed by atoms with Crippen molar-refractivity contribution in [2.75, 3.05) is 13.7 Å². The number of nitrogens with zero attached hydrogens (tertiary/aromatic N) is 1. The van der Waals surface area contributed by atoms with Gasteiger partial charge < -0.3 is 19.2 Å². The van der Waals surface area contributed by atoms with Gasteiger partial charge in [0.25, 0.3) is 0 Å². The highest BCUT2D eigenvalue weighted by atomic mass is 16.5. The molecule has 1 atom stereocenters. The summed E-state index contributed by atoms with van der Waals surface area (Å²) in [5.41, 5.74) is 0.140. The van der Waals surface area contributed by atoms with Crippen LogP contribution in [0.4, 0.5) is 0 Å². The van der Waals surface area contributed by atoms with E-state index in [2.05, 4.69) is 0 Å². The zero-order valence-corrected chi connectivity index (χ0v) is 12.4. The summed E-state index contributed by atoms with van der Waals surface area (Å²) in [6.07, 6.45) is 3.44. The molecule has 1 aromatic rings. The fourth-order valence-electron chi connectivity index (χ4n) is 2.47. The molecule has 21 heavy (non-hydrogen) atoms. The second kappa shape index (κ2) is 6.76. The molecule has 1 saturated heterocycles. The normalized spacial score (nSPS) is 18.5. The molecule has 0 aromatic carbocycles. The molecule has 1 amide bonds. The molecule has 6 nitrogen and oxygen atoms in total. The maximum atomic E-state index is 12.1. The van der Waals surface area contributed by atoms with Crippen LogP contribution in [-0.2, 0) is 16.1 Å². The summed E-state index contributed by atoms with van der Waals surface area (Å²) in [6, 6.07) is 1.47. The maximum absolute atomic E-state index is 12.1. The van der Waals surface area contributed by atoms with E-state index in [1.807, 2.05) is 0 Å². The Labute approximate surface area is 123 Å². The lowest BCUT2D eigenvalue weighted by atomic mass is 10.1. The van der Waals surface area contributed by atoms with Gasteiger partial charge in [0.15, 0.2) is 0 Å². The molecule has 1 fully saturated rings. The molecule has 2 rings (SSSR count). The van der Waals surface area contributed by atoms with Crippen LogP contribution in [0.2, 0.25) is 0 Å². The van der Waals surface area contributed by atoms with E-state index >= 15 is 0 Å². The summed E-state index contributed by atoms with van der Waals surface area (Å²) in [5.74, 6) is -0.209. The molecule has 1 aliphatic heterocycles. The minimum atomic E-state index is -1.02. The summed E-state index contributed by atoms with van der Waals surface area (Å²) in [4.78, 5) is 24.6. The number of hydrogen-bond donors (Lipinski definition) is 1. The van der Waals surface area contributed by atoms with Gasteiger partial charge in [0, 0.05) is 13.7 Å². The van der Waals surface area contributed by atoms with Crippen molar-refractivity contribution in [1.82, 2.24) is 4.90 Å². The number of rotatable bonds is 5. The molecule has 116 valence electrons. The summed E-state index contributed by atoms with van der Waals surface area (Å²) in [7, 11) is 1.68. The van der Waals surface area contributed by atoms with E-state index in [9.17, 15) is 9.59 Å². The number of carboxylic acid groups (broad SMARTS) is 1. The molecule has 2 heterocycles. The first-order chi connectivity index (χ1) is 9.97. The second-order valence-corrected chi connectivity index (χ2v) is 5.43. The number of aromatic carboxylic acids is 1. The number of hydrogen-bond acceptors (Lipinski definition) is 4. The smallest absolute Gasteiger partial charge is 0.339 e. The first-order valence-corrected chi connectivity index (χ1v) is 7.15. The van der Waals surface area contributed by atoms with Gasteiger partial charge in [-0.05, 0) is 32.3 Å². The van der Waals surface area contributed by atoms with Gasteiger partial charge >= 0.3 is 5.97 Å². The quantitative estimate of drug-likeness (QED) is 0.900. The summed E-state index contributed by atoms with van der Waals surface area (Å²) < 4.78 is 10.9. The van der Waals surface area contributed by atoms with Crippen LogP contribution in [0.5, 0.6) is 0 Å². The second-order valence-electron chi connectivity index (χ2n) is 5.43. The number of carbonyl (C=O) groups excluding carboxylic acids is 1. The molecule has 0 saturated carbocycles. The molecule has 1 unspecified atom stereocenters. The standard InChI is InChI=1S/C15H21NO5/c1-10-13(15(18)19)7-12(21-10)9-16(2)14(17)8-11-5-3-4-6-20-11/h7,11H,3-6,8-9H2,1-2H3,(H,18,19). The lowest BCUT2D eigenvalue weighted by molar-refractivity contribution is -0.134. The number of aryl methyl sites for hydroxylation is 1. The summed E-state index contributed by atoms with van der Waals surface area (Å²) in [6.45, 7) is 2.59. The Morgan fingerprint density at radius 1 is 1.43 bits per heavy atom. The largest absolute Gasteiger partial charge is 0.478 e. The molecule has 0 bridgehead atoms. The van der Waals surface area contributed by atoms with Crippen LogP contribution in [0.3, 0.4) is 0 Å². The zero-order chi connectivity index (χ0) is 15.4. The van der Waals surface area contributed by atoms with E-state index in [0.717, 1.165) is 25.9 Å². The van der Waals surface area contributed by atoms with Crippen molar-refractivity contribution >= 4 is 11.9 Å². The van der Waals surface area contributed by atoms with E-state index in [0.29, 0.717) is 17.9 Å². The van der Waals surface area contributed by atoms with Gasteiger partial charge in [0.05, 0.1) is 19.1 Å². The van der Waals surface area contributed by atoms with Gasteiger partial charge in [-0.3, -0.25) is 4.79 Å². The van der Waals surface area contributed by atoms with Gasteiger partial charge in [-0.1, -0.05) is 0 Å². The van der Waals surface area contributed by atoms with E-state index in [4.69, 9.17) is 14.3 Å². The third-order valence-electron chi connectivity index (χ3n) is 3.69. The average molecular weight is 295 g/mol. The van der Waals surface area contributed by atoms with Crippen LogP contribution in [-0.4, -0.2) is 41.6 Å². The number of ether oxygens (including phenoxy) is 1. The highest BCUT2D eigenvalue weighted by Crippen LogP contribution is 2.19. The van der Waals surface area contributed by atoms with Gasteiger partial charge in [-0.2, -0.15) is 0 Å². The SMILES string of the molecule is Cc1oc(CN(C)C(=O)CC2CCCCO2)cc1C(=O)O.